The maximum Gasteiger partial charge on any atom is 0.305 e. The fraction of sp³-hybridized carbons (Fsp3) is 0.529. The molecule has 0 bridgehead atoms. The minimum absolute atomic E-state index is 0.0312. The Morgan fingerprint density at radius 1 is 1.30 bits per heavy atom. The number of carbonyl (C=O) groups excluding carboxylic acids is 2. The zero-order valence-electron chi connectivity index (χ0n) is 13.8. The quantitative estimate of drug-likeness (QED) is 0.411. The molecule has 0 saturated carbocycles. The average molecular weight is 324 g/mol. The van der Waals surface area contributed by atoms with E-state index in [1.807, 2.05) is 0 Å². The molecular formula is C17H24O6. The van der Waals surface area contributed by atoms with Crippen LogP contribution in [0.2, 0.25) is 0 Å². The van der Waals surface area contributed by atoms with Crippen LogP contribution in [0.15, 0.2) is 12.1 Å². The number of aromatic hydroxyl groups is 1. The highest BCUT2D eigenvalue weighted by molar-refractivity contribution is 5.97. The van der Waals surface area contributed by atoms with Gasteiger partial charge in [-0.05, 0) is 39.3 Å². The largest absolute Gasteiger partial charge is 0.508 e. The number of hydrogen-bond donors (Lipinski definition) is 2. The fourth-order valence-corrected chi connectivity index (χ4v) is 2.18. The fourth-order valence-electron chi connectivity index (χ4n) is 2.18. The normalized spacial score (nSPS) is 11.8. The summed E-state index contributed by atoms with van der Waals surface area (Å²) in [5, 5.41) is 19.6. The van der Waals surface area contributed by atoms with Crippen molar-refractivity contribution >= 4 is 11.8 Å². The summed E-state index contributed by atoms with van der Waals surface area (Å²) < 4.78 is 10.5. The van der Waals surface area contributed by atoms with Crippen molar-refractivity contribution in [2.45, 2.75) is 46.1 Å². The summed E-state index contributed by atoms with van der Waals surface area (Å²) >= 11 is 0. The second kappa shape index (κ2) is 9.15. The Balaban J connectivity index is 2.87. The number of ketones is 1. The molecule has 0 aliphatic heterocycles. The SMILES string of the molecule is CCOC(=O)CCCOc1c(C(C)=O)ccc(O)c1CC(C)O. The summed E-state index contributed by atoms with van der Waals surface area (Å²) in [5.41, 5.74) is 0.735. The van der Waals surface area contributed by atoms with Crippen molar-refractivity contribution in [1.82, 2.24) is 0 Å². The second-order valence-electron chi connectivity index (χ2n) is 5.31. The van der Waals surface area contributed by atoms with Crippen molar-refractivity contribution in [2.24, 2.45) is 0 Å². The van der Waals surface area contributed by atoms with Crippen molar-refractivity contribution in [3.05, 3.63) is 23.3 Å². The Kier molecular flexibility index (Phi) is 7.54. The first-order chi connectivity index (χ1) is 10.9. The van der Waals surface area contributed by atoms with Gasteiger partial charge in [0.1, 0.15) is 11.5 Å². The van der Waals surface area contributed by atoms with Gasteiger partial charge in [-0.15, -0.1) is 0 Å². The van der Waals surface area contributed by atoms with E-state index in [1.165, 1.54) is 19.1 Å². The third kappa shape index (κ3) is 5.90. The van der Waals surface area contributed by atoms with Crippen LogP contribution in [0.4, 0.5) is 0 Å². The van der Waals surface area contributed by atoms with E-state index < -0.39 is 6.10 Å². The number of phenolic OH excluding ortho intramolecular Hbond substituents is 1. The van der Waals surface area contributed by atoms with E-state index in [2.05, 4.69) is 0 Å². The van der Waals surface area contributed by atoms with Crippen LogP contribution in [0.25, 0.3) is 0 Å². The Bertz CT molecular complexity index is 550. The van der Waals surface area contributed by atoms with E-state index in [0.717, 1.165) is 0 Å². The number of aliphatic hydroxyl groups is 1. The molecule has 23 heavy (non-hydrogen) atoms. The lowest BCUT2D eigenvalue weighted by molar-refractivity contribution is -0.143. The first-order valence-corrected chi connectivity index (χ1v) is 7.69. The van der Waals surface area contributed by atoms with Gasteiger partial charge >= 0.3 is 5.97 Å². The highest BCUT2D eigenvalue weighted by Crippen LogP contribution is 2.33. The number of benzene rings is 1. The van der Waals surface area contributed by atoms with Crippen LogP contribution in [0.3, 0.4) is 0 Å². The molecule has 0 saturated heterocycles. The standard InChI is InChI=1S/C17H24O6/c1-4-22-16(21)6-5-9-23-17-13(12(3)19)7-8-15(20)14(17)10-11(2)18/h7-8,11,18,20H,4-6,9-10H2,1-3H3. The molecule has 2 N–H and O–H groups in total. The third-order valence-electron chi connectivity index (χ3n) is 3.19. The van der Waals surface area contributed by atoms with Gasteiger partial charge in [0.25, 0.3) is 0 Å². The Morgan fingerprint density at radius 3 is 2.57 bits per heavy atom. The molecule has 6 nitrogen and oxygen atoms in total. The van der Waals surface area contributed by atoms with Crippen LogP contribution in [-0.4, -0.2) is 41.3 Å². The maximum absolute atomic E-state index is 11.7. The van der Waals surface area contributed by atoms with Gasteiger partial charge in [-0.2, -0.15) is 0 Å². The summed E-state index contributed by atoms with van der Waals surface area (Å²) in [6.07, 6.45) is 0.124. The number of ether oxygens (including phenoxy) is 2. The van der Waals surface area contributed by atoms with Crippen LogP contribution < -0.4 is 4.74 Å². The van der Waals surface area contributed by atoms with E-state index in [1.54, 1.807) is 13.8 Å². The summed E-state index contributed by atoms with van der Waals surface area (Å²) in [6.45, 7) is 5.27. The molecule has 6 heteroatoms. The van der Waals surface area contributed by atoms with Crippen molar-refractivity contribution in [3.63, 3.8) is 0 Å². The Morgan fingerprint density at radius 2 is 2.00 bits per heavy atom. The third-order valence-corrected chi connectivity index (χ3v) is 3.19. The van der Waals surface area contributed by atoms with Crippen LogP contribution in [0, 0.1) is 0 Å². The highest BCUT2D eigenvalue weighted by Gasteiger charge is 2.19. The van der Waals surface area contributed by atoms with Crippen LogP contribution >= 0.6 is 0 Å². The number of aliphatic hydroxyl groups excluding tert-OH is 1. The molecule has 0 aliphatic carbocycles. The zero-order chi connectivity index (χ0) is 17.4. The number of Topliss-reactive ketones (excluding diaryl/α,β-unsaturated/α-hetero) is 1. The van der Waals surface area contributed by atoms with E-state index in [4.69, 9.17) is 9.47 Å². The maximum atomic E-state index is 11.7. The molecule has 1 aromatic rings. The molecule has 1 unspecified atom stereocenters. The Labute approximate surface area is 136 Å². The van der Waals surface area contributed by atoms with Crippen LogP contribution in [0.1, 0.15) is 49.5 Å². The van der Waals surface area contributed by atoms with Gasteiger partial charge in [0.15, 0.2) is 5.78 Å². The molecule has 0 radical (unpaired) electrons. The van der Waals surface area contributed by atoms with Crippen molar-refractivity contribution in [3.8, 4) is 11.5 Å². The zero-order valence-corrected chi connectivity index (χ0v) is 13.8. The molecule has 0 aromatic heterocycles. The number of rotatable bonds is 9. The van der Waals surface area contributed by atoms with E-state index >= 15 is 0 Å². The van der Waals surface area contributed by atoms with Gasteiger partial charge in [-0.3, -0.25) is 9.59 Å². The minimum atomic E-state index is -0.690. The minimum Gasteiger partial charge on any atom is -0.508 e. The lowest BCUT2D eigenvalue weighted by Gasteiger charge is -2.17. The molecule has 0 amide bonds. The molecule has 0 heterocycles. The number of phenols is 1. The molecule has 1 atom stereocenters. The van der Waals surface area contributed by atoms with Gasteiger partial charge in [0, 0.05) is 18.4 Å². The molecule has 0 fully saturated rings. The first-order valence-electron chi connectivity index (χ1n) is 7.69. The van der Waals surface area contributed by atoms with Gasteiger partial charge in [0.2, 0.25) is 0 Å². The molecular weight excluding hydrogens is 300 g/mol. The predicted octanol–water partition coefficient (Wildman–Crippen LogP) is 2.24. The molecule has 0 aliphatic rings. The summed E-state index contributed by atoms with van der Waals surface area (Å²) in [6, 6.07) is 2.91. The lowest BCUT2D eigenvalue weighted by atomic mass is 10.0. The van der Waals surface area contributed by atoms with Gasteiger partial charge in [0.05, 0.1) is 24.9 Å². The van der Waals surface area contributed by atoms with Crippen LogP contribution in [-0.2, 0) is 16.0 Å². The molecule has 1 aromatic carbocycles. The monoisotopic (exact) mass is 324 g/mol. The van der Waals surface area contributed by atoms with Crippen molar-refractivity contribution < 1.29 is 29.3 Å². The van der Waals surface area contributed by atoms with E-state index in [9.17, 15) is 19.8 Å². The highest BCUT2D eigenvalue weighted by atomic mass is 16.5. The number of carbonyl (C=O) groups is 2. The van der Waals surface area contributed by atoms with E-state index in [0.29, 0.717) is 24.2 Å². The first kappa shape index (κ1) is 19.0. The van der Waals surface area contributed by atoms with Gasteiger partial charge in [-0.1, -0.05) is 0 Å². The summed E-state index contributed by atoms with van der Waals surface area (Å²) in [4.78, 5) is 23.0. The average Bonchev–Trinajstić information content (AvgIpc) is 2.46. The van der Waals surface area contributed by atoms with Gasteiger partial charge in [-0.25, -0.2) is 0 Å². The summed E-state index contributed by atoms with van der Waals surface area (Å²) in [7, 11) is 0. The van der Waals surface area contributed by atoms with Crippen molar-refractivity contribution in [2.75, 3.05) is 13.2 Å². The smallest absolute Gasteiger partial charge is 0.305 e. The summed E-state index contributed by atoms with van der Waals surface area (Å²) in [5.74, 6) is -0.265. The lowest BCUT2D eigenvalue weighted by Crippen LogP contribution is -2.12. The molecule has 128 valence electrons. The second-order valence-corrected chi connectivity index (χ2v) is 5.31. The number of esters is 1. The van der Waals surface area contributed by atoms with Gasteiger partial charge < -0.3 is 19.7 Å². The molecule has 0 spiro atoms. The van der Waals surface area contributed by atoms with E-state index in [-0.39, 0.29) is 42.7 Å². The topological polar surface area (TPSA) is 93.1 Å². The Hall–Kier alpha value is -2.08. The van der Waals surface area contributed by atoms with Crippen LogP contribution in [0.5, 0.6) is 11.5 Å². The van der Waals surface area contributed by atoms with Crippen molar-refractivity contribution in [1.29, 1.82) is 0 Å². The molecule has 1 rings (SSSR count). The number of hydrogen-bond acceptors (Lipinski definition) is 6. The predicted molar refractivity (Wildman–Crippen MR) is 84.9 cm³/mol.